The molecule has 0 unspecified atom stereocenters. The molecular formula is C25H20F4N4O3. The van der Waals surface area contributed by atoms with Crippen molar-refractivity contribution in [2.45, 2.75) is 38.0 Å². The van der Waals surface area contributed by atoms with Crippen molar-refractivity contribution in [2.24, 2.45) is 5.92 Å². The van der Waals surface area contributed by atoms with Gasteiger partial charge in [-0.1, -0.05) is 0 Å². The Hall–Kier alpha value is -4.02. The van der Waals surface area contributed by atoms with Crippen molar-refractivity contribution in [1.82, 2.24) is 19.9 Å². The molecule has 0 bridgehead atoms. The molecule has 186 valence electrons. The van der Waals surface area contributed by atoms with Crippen molar-refractivity contribution >= 4 is 17.0 Å². The Balaban J connectivity index is 1.30. The number of benzene rings is 1. The molecule has 1 aliphatic carbocycles. The fourth-order valence-corrected chi connectivity index (χ4v) is 4.27. The standard InChI is InChI=1S/C25H20F4N4O3/c26-18-9-15(12-31-23(18)36-17-5-1-13(2-6-17)24(34)35)19-7-3-14(11-30-19)22-32-20-8-4-16(25(27,28)29)10-21(20)33-22/h3-4,7-13,17H,1-2,5-6H2,(H,32,33)(H,34,35). The van der Waals surface area contributed by atoms with Crippen LogP contribution in [0.15, 0.2) is 48.8 Å². The molecule has 36 heavy (non-hydrogen) atoms. The summed E-state index contributed by atoms with van der Waals surface area (Å²) in [5.41, 5.74) is 1.28. The summed E-state index contributed by atoms with van der Waals surface area (Å²) in [4.78, 5) is 26.7. The van der Waals surface area contributed by atoms with Crippen LogP contribution in [-0.4, -0.2) is 37.1 Å². The second-order valence-electron chi connectivity index (χ2n) is 8.69. The molecule has 0 saturated heterocycles. The molecular weight excluding hydrogens is 480 g/mol. The predicted octanol–water partition coefficient (Wildman–Crippen LogP) is 5.87. The van der Waals surface area contributed by atoms with Gasteiger partial charge in [0.1, 0.15) is 11.9 Å². The number of hydrogen-bond donors (Lipinski definition) is 2. The number of hydrogen-bond acceptors (Lipinski definition) is 5. The van der Waals surface area contributed by atoms with E-state index in [1.165, 1.54) is 24.5 Å². The molecule has 1 aliphatic rings. The molecule has 3 aromatic heterocycles. The number of nitrogens with zero attached hydrogens (tertiary/aromatic N) is 3. The predicted molar refractivity (Wildman–Crippen MR) is 122 cm³/mol. The quantitative estimate of drug-likeness (QED) is 0.333. The second kappa shape index (κ2) is 9.21. The van der Waals surface area contributed by atoms with Gasteiger partial charge in [0, 0.05) is 23.5 Å². The van der Waals surface area contributed by atoms with Crippen LogP contribution in [0.4, 0.5) is 17.6 Å². The maximum Gasteiger partial charge on any atom is 0.416 e. The van der Waals surface area contributed by atoms with Crippen LogP contribution in [0, 0.1) is 11.7 Å². The van der Waals surface area contributed by atoms with E-state index in [9.17, 15) is 22.4 Å². The summed E-state index contributed by atoms with van der Waals surface area (Å²) in [5, 5.41) is 9.09. The van der Waals surface area contributed by atoms with Gasteiger partial charge in [0.05, 0.1) is 28.2 Å². The summed E-state index contributed by atoms with van der Waals surface area (Å²) >= 11 is 0. The van der Waals surface area contributed by atoms with Crippen molar-refractivity contribution in [3.05, 3.63) is 60.2 Å². The first-order valence-corrected chi connectivity index (χ1v) is 11.3. The molecule has 0 aliphatic heterocycles. The van der Waals surface area contributed by atoms with Crippen molar-refractivity contribution in [3.8, 4) is 28.5 Å². The summed E-state index contributed by atoms with van der Waals surface area (Å²) in [7, 11) is 0. The van der Waals surface area contributed by atoms with Crippen LogP contribution in [0.3, 0.4) is 0 Å². The van der Waals surface area contributed by atoms with Crippen LogP contribution in [0.1, 0.15) is 31.2 Å². The highest BCUT2D eigenvalue weighted by Gasteiger charge is 2.31. The number of nitrogens with one attached hydrogen (secondary N) is 1. The molecule has 3 heterocycles. The number of aliphatic carboxylic acids is 1. The Bertz CT molecular complexity index is 1410. The summed E-state index contributed by atoms with van der Waals surface area (Å²) in [6.45, 7) is 0. The zero-order chi connectivity index (χ0) is 25.4. The van der Waals surface area contributed by atoms with Crippen molar-refractivity contribution in [1.29, 1.82) is 0 Å². The average molecular weight is 500 g/mol. The van der Waals surface area contributed by atoms with Crippen LogP contribution < -0.4 is 4.74 Å². The van der Waals surface area contributed by atoms with Gasteiger partial charge in [0.25, 0.3) is 5.88 Å². The molecule has 0 amide bonds. The van der Waals surface area contributed by atoms with E-state index in [1.807, 2.05) is 0 Å². The fourth-order valence-electron chi connectivity index (χ4n) is 4.27. The van der Waals surface area contributed by atoms with E-state index in [2.05, 4.69) is 19.9 Å². The monoisotopic (exact) mass is 500 g/mol. The number of fused-ring (bicyclic) bond motifs is 1. The largest absolute Gasteiger partial charge is 0.481 e. The van der Waals surface area contributed by atoms with Gasteiger partial charge < -0.3 is 14.8 Å². The van der Waals surface area contributed by atoms with Crippen molar-refractivity contribution in [2.75, 3.05) is 0 Å². The number of aromatic amines is 1. The zero-order valence-electron chi connectivity index (χ0n) is 18.7. The normalized spacial score (nSPS) is 18.3. The minimum Gasteiger partial charge on any atom is -0.481 e. The van der Waals surface area contributed by atoms with Gasteiger partial charge in [0.2, 0.25) is 0 Å². The highest BCUT2D eigenvalue weighted by Crippen LogP contribution is 2.32. The molecule has 0 radical (unpaired) electrons. The Morgan fingerprint density at radius 3 is 2.39 bits per heavy atom. The third kappa shape index (κ3) is 4.86. The molecule has 0 atom stereocenters. The zero-order valence-corrected chi connectivity index (χ0v) is 18.7. The molecule has 0 spiro atoms. The number of carboxylic acid groups (broad SMARTS) is 1. The van der Waals surface area contributed by atoms with Crippen LogP contribution in [0.2, 0.25) is 0 Å². The average Bonchev–Trinajstić information content (AvgIpc) is 3.29. The first kappa shape index (κ1) is 23.7. The molecule has 7 nitrogen and oxygen atoms in total. The van der Waals surface area contributed by atoms with Crippen LogP contribution in [0.25, 0.3) is 33.7 Å². The second-order valence-corrected chi connectivity index (χ2v) is 8.69. The van der Waals surface area contributed by atoms with E-state index in [0.717, 1.165) is 12.1 Å². The number of pyridine rings is 2. The number of imidazole rings is 1. The SMILES string of the molecule is O=C(O)C1CCC(Oc2ncc(-c3ccc(-c4nc5ccc(C(F)(F)F)cc5[nH]4)cn3)cc2F)CC1. The smallest absolute Gasteiger partial charge is 0.416 e. The van der Waals surface area contributed by atoms with E-state index in [-0.39, 0.29) is 17.5 Å². The van der Waals surface area contributed by atoms with Crippen LogP contribution >= 0.6 is 0 Å². The lowest BCUT2D eigenvalue weighted by atomic mass is 9.87. The van der Waals surface area contributed by atoms with E-state index >= 15 is 0 Å². The molecule has 1 saturated carbocycles. The third-order valence-corrected chi connectivity index (χ3v) is 6.25. The van der Waals surface area contributed by atoms with Gasteiger partial charge in [-0.2, -0.15) is 13.2 Å². The molecule has 11 heteroatoms. The first-order valence-electron chi connectivity index (χ1n) is 11.3. The minimum atomic E-state index is -4.45. The summed E-state index contributed by atoms with van der Waals surface area (Å²) in [6.07, 6.45) is 0.165. The number of H-pyrrole nitrogens is 1. The van der Waals surface area contributed by atoms with E-state index in [1.54, 1.807) is 12.1 Å². The van der Waals surface area contributed by atoms with Crippen molar-refractivity contribution in [3.63, 3.8) is 0 Å². The summed E-state index contributed by atoms with van der Waals surface area (Å²) < 4.78 is 59.2. The lowest BCUT2D eigenvalue weighted by molar-refractivity contribution is -0.143. The number of halogens is 4. The molecule has 2 N–H and O–H groups in total. The molecule has 5 rings (SSSR count). The fraction of sp³-hybridized carbons (Fsp3) is 0.280. The number of carboxylic acids is 1. The number of carbonyl (C=O) groups is 1. The summed E-state index contributed by atoms with van der Waals surface area (Å²) in [5.74, 6) is -1.66. The topological polar surface area (TPSA) is 101 Å². The molecule has 1 aromatic carbocycles. The number of rotatable bonds is 5. The van der Waals surface area contributed by atoms with Crippen LogP contribution in [0.5, 0.6) is 5.88 Å². The lowest BCUT2D eigenvalue weighted by Gasteiger charge is -2.26. The molecule has 1 fully saturated rings. The van der Waals surface area contributed by atoms with E-state index in [4.69, 9.17) is 9.84 Å². The Morgan fingerprint density at radius 1 is 1.00 bits per heavy atom. The van der Waals surface area contributed by atoms with Gasteiger partial charge in [0.15, 0.2) is 5.82 Å². The van der Waals surface area contributed by atoms with Gasteiger partial charge in [-0.25, -0.2) is 14.4 Å². The van der Waals surface area contributed by atoms with Gasteiger partial charge in [-0.3, -0.25) is 9.78 Å². The third-order valence-electron chi connectivity index (χ3n) is 6.25. The highest BCUT2D eigenvalue weighted by atomic mass is 19.4. The number of alkyl halides is 3. The Morgan fingerprint density at radius 2 is 1.75 bits per heavy atom. The highest BCUT2D eigenvalue weighted by molar-refractivity contribution is 5.80. The van der Waals surface area contributed by atoms with E-state index < -0.39 is 29.4 Å². The summed E-state index contributed by atoms with van der Waals surface area (Å²) in [6, 6.07) is 7.85. The van der Waals surface area contributed by atoms with Gasteiger partial charge >= 0.3 is 12.1 Å². The first-order chi connectivity index (χ1) is 17.2. The minimum absolute atomic E-state index is 0.144. The number of ether oxygens (including phenoxy) is 1. The Kier molecular flexibility index (Phi) is 6.07. The maximum absolute atomic E-state index is 14.7. The van der Waals surface area contributed by atoms with Crippen molar-refractivity contribution < 1.29 is 32.2 Å². The van der Waals surface area contributed by atoms with Gasteiger partial charge in [-0.05, 0) is 62.1 Å². The lowest BCUT2D eigenvalue weighted by Crippen LogP contribution is -2.28. The van der Waals surface area contributed by atoms with Crippen LogP contribution in [-0.2, 0) is 11.0 Å². The van der Waals surface area contributed by atoms with E-state index in [0.29, 0.717) is 53.8 Å². The molecule has 4 aromatic rings. The van der Waals surface area contributed by atoms with Gasteiger partial charge in [-0.15, -0.1) is 0 Å². The Labute approximate surface area is 202 Å². The number of aromatic nitrogens is 4. The maximum atomic E-state index is 14.7.